The molecule has 2 atom stereocenters. The summed E-state index contributed by atoms with van der Waals surface area (Å²) in [4.78, 5) is 14.4. The van der Waals surface area contributed by atoms with Crippen LogP contribution in [0.25, 0.3) is 10.9 Å². The Morgan fingerprint density at radius 2 is 2.32 bits per heavy atom. The minimum absolute atomic E-state index is 0.230. The number of nitrogens with one attached hydrogen (secondary N) is 1. The van der Waals surface area contributed by atoms with Gasteiger partial charge in [0.15, 0.2) is 0 Å². The van der Waals surface area contributed by atoms with E-state index in [1.165, 1.54) is 0 Å². The van der Waals surface area contributed by atoms with E-state index in [9.17, 15) is 4.79 Å². The highest BCUT2D eigenvalue weighted by molar-refractivity contribution is 5.87. The molecule has 2 aromatic rings. The summed E-state index contributed by atoms with van der Waals surface area (Å²) in [5.74, 6) is -0.413. The number of carbonyl (C=O) groups is 1. The summed E-state index contributed by atoms with van der Waals surface area (Å²) >= 11 is 0. The molecule has 0 amide bonds. The maximum absolute atomic E-state index is 11.1. The molecule has 0 aliphatic heterocycles. The van der Waals surface area contributed by atoms with Crippen LogP contribution in [0.2, 0.25) is 0 Å². The molecule has 0 fully saturated rings. The fourth-order valence-electron chi connectivity index (χ4n) is 2.91. The van der Waals surface area contributed by atoms with Gasteiger partial charge in [0, 0.05) is 35.1 Å². The van der Waals surface area contributed by atoms with Gasteiger partial charge in [0.25, 0.3) is 0 Å². The van der Waals surface area contributed by atoms with Crippen LogP contribution in [0, 0.1) is 5.92 Å². The van der Waals surface area contributed by atoms with E-state index in [0.717, 1.165) is 27.9 Å². The molecular weight excluding hydrogens is 244 g/mol. The largest absolute Gasteiger partial charge is 0.497 e. The zero-order chi connectivity index (χ0) is 13.6. The lowest BCUT2D eigenvalue weighted by Crippen LogP contribution is -2.28. The third-order valence-electron chi connectivity index (χ3n) is 3.84. The number of aromatic amines is 1. The Kier molecular flexibility index (Phi) is 2.71. The maximum atomic E-state index is 11.1. The van der Waals surface area contributed by atoms with Crippen LogP contribution in [-0.2, 0) is 11.2 Å². The second-order valence-electron chi connectivity index (χ2n) is 5.01. The van der Waals surface area contributed by atoms with Crippen molar-refractivity contribution in [3.63, 3.8) is 0 Å². The average molecular weight is 260 g/mol. The van der Waals surface area contributed by atoms with Gasteiger partial charge in [0.2, 0.25) is 0 Å². The van der Waals surface area contributed by atoms with Crippen LogP contribution in [0.3, 0.4) is 0 Å². The Morgan fingerprint density at radius 3 is 3.00 bits per heavy atom. The van der Waals surface area contributed by atoms with Gasteiger partial charge in [-0.15, -0.1) is 0 Å². The SMILES string of the molecule is COc1ccc2c3c([nH]c2c1)CC(C(=O)O)CC3N. The first-order valence-corrected chi connectivity index (χ1v) is 6.27. The van der Waals surface area contributed by atoms with Crippen molar-refractivity contribution >= 4 is 16.9 Å². The number of ether oxygens (including phenoxy) is 1. The van der Waals surface area contributed by atoms with Crippen LogP contribution in [-0.4, -0.2) is 23.2 Å². The Morgan fingerprint density at radius 1 is 1.53 bits per heavy atom. The topological polar surface area (TPSA) is 88.3 Å². The molecule has 0 saturated carbocycles. The Balaban J connectivity index is 2.12. The van der Waals surface area contributed by atoms with E-state index >= 15 is 0 Å². The summed E-state index contributed by atoms with van der Waals surface area (Å²) in [6.45, 7) is 0. The van der Waals surface area contributed by atoms with Crippen molar-refractivity contribution in [2.75, 3.05) is 7.11 Å². The molecule has 100 valence electrons. The van der Waals surface area contributed by atoms with Crippen molar-refractivity contribution in [2.24, 2.45) is 11.7 Å². The Hall–Kier alpha value is -2.01. The summed E-state index contributed by atoms with van der Waals surface area (Å²) in [5.41, 5.74) is 9.08. The number of benzene rings is 1. The fourth-order valence-corrected chi connectivity index (χ4v) is 2.91. The molecule has 4 N–H and O–H groups in total. The third kappa shape index (κ3) is 1.86. The van der Waals surface area contributed by atoms with Crippen molar-refractivity contribution in [2.45, 2.75) is 18.9 Å². The first-order chi connectivity index (χ1) is 9.10. The molecule has 1 aliphatic rings. The van der Waals surface area contributed by atoms with Gasteiger partial charge in [0.05, 0.1) is 13.0 Å². The van der Waals surface area contributed by atoms with Crippen molar-refractivity contribution in [3.8, 4) is 5.75 Å². The highest BCUT2D eigenvalue weighted by Gasteiger charge is 2.31. The smallest absolute Gasteiger partial charge is 0.306 e. The first-order valence-electron chi connectivity index (χ1n) is 6.27. The third-order valence-corrected chi connectivity index (χ3v) is 3.84. The van der Waals surface area contributed by atoms with Crippen molar-refractivity contribution in [1.82, 2.24) is 4.98 Å². The molecule has 1 heterocycles. The molecule has 0 saturated heterocycles. The zero-order valence-corrected chi connectivity index (χ0v) is 10.6. The van der Waals surface area contributed by atoms with E-state index in [-0.39, 0.29) is 6.04 Å². The summed E-state index contributed by atoms with van der Waals surface area (Å²) in [6, 6.07) is 5.56. The predicted molar refractivity (Wildman–Crippen MR) is 71.2 cm³/mol. The van der Waals surface area contributed by atoms with Gasteiger partial charge in [-0.25, -0.2) is 0 Å². The number of hydrogen-bond acceptors (Lipinski definition) is 3. The molecule has 1 aliphatic carbocycles. The van der Waals surface area contributed by atoms with Gasteiger partial charge in [-0.05, 0) is 24.1 Å². The highest BCUT2D eigenvalue weighted by Crippen LogP contribution is 2.37. The van der Waals surface area contributed by atoms with E-state index in [1.54, 1.807) is 7.11 Å². The second kappa shape index (κ2) is 4.28. The minimum atomic E-state index is -0.780. The number of carboxylic acid groups (broad SMARTS) is 1. The Labute approximate surface area is 110 Å². The number of aliphatic carboxylic acids is 1. The molecule has 19 heavy (non-hydrogen) atoms. The Bertz CT molecular complexity index is 647. The van der Waals surface area contributed by atoms with Crippen LogP contribution < -0.4 is 10.5 Å². The van der Waals surface area contributed by atoms with Crippen molar-refractivity contribution in [3.05, 3.63) is 29.5 Å². The second-order valence-corrected chi connectivity index (χ2v) is 5.01. The fraction of sp³-hybridized carbons (Fsp3) is 0.357. The number of aromatic nitrogens is 1. The lowest BCUT2D eigenvalue weighted by Gasteiger charge is -2.24. The van der Waals surface area contributed by atoms with Crippen LogP contribution in [0.1, 0.15) is 23.7 Å². The summed E-state index contributed by atoms with van der Waals surface area (Å²) in [7, 11) is 1.62. The minimum Gasteiger partial charge on any atom is -0.497 e. The van der Waals surface area contributed by atoms with Gasteiger partial charge in [0.1, 0.15) is 5.75 Å². The molecule has 3 rings (SSSR count). The normalized spacial score (nSPS) is 22.2. The molecule has 5 nitrogen and oxygen atoms in total. The quantitative estimate of drug-likeness (QED) is 0.768. The molecule has 1 aromatic carbocycles. The lowest BCUT2D eigenvalue weighted by atomic mass is 9.84. The maximum Gasteiger partial charge on any atom is 0.306 e. The molecule has 2 unspecified atom stereocenters. The summed E-state index contributed by atoms with van der Waals surface area (Å²) in [6.07, 6.45) is 0.997. The highest BCUT2D eigenvalue weighted by atomic mass is 16.5. The van der Waals surface area contributed by atoms with E-state index in [0.29, 0.717) is 12.8 Å². The molecule has 5 heteroatoms. The molecule has 1 aromatic heterocycles. The van der Waals surface area contributed by atoms with Gasteiger partial charge >= 0.3 is 5.97 Å². The standard InChI is InChI=1S/C14H16N2O3/c1-19-8-2-3-9-11(6-8)16-12-5-7(14(17)18)4-10(15)13(9)12/h2-3,6-7,10,16H,4-5,15H2,1H3,(H,17,18). The van der Waals surface area contributed by atoms with Gasteiger partial charge < -0.3 is 20.6 Å². The van der Waals surface area contributed by atoms with E-state index < -0.39 is 11.9 Å². The lowest BCUT2D eigenvalue weighted by molar-refractivity contribution is -0.142. The molecule has 0 spiro atoms. The number of rotatable bonds is 2. The van der Waals surface area contributed by atoms with Gasteiger partial charge in [-0.1, -0.05) is 0 Å². The summed E-state index contributed by atoms with van der Waals surface area (Å²) in [5, 5.41) is 10.2. The number of fused-ring (bicyclic) bond motifs is 3. The number of H-pyrrole nitrogens is 1. The van der Waals surface area contributed by atoms with Crippen LogP contribution >= 0.6 is 0 Å². The monoisotopic (exact) mass is 260 g/mol. The van der Waals surface area contributed by atoms with Crippen LogP contribution in [0.4, 0.5) is 0 Å². The summed E-state index contributed by atoms with van der Waals surface area (Å²) < 4.78 is 5.20. The van der Waals surface area contributed by atoms with E-state index in [4.69, 9.17) is 15.6 Å². The number of nitrogens with two attached hydrogens (primary N) is 1. The van der Waals surface area contributed by atoms with Gasteiger partial charge in [-0.2, -0.15) is 0 Å². The predicted octanol–water partition coefficient (Wildman–Crippen LogP) is 1.82. The zero-order valence-electron chi connectivity index (χ0n) is 10.6. The van der Waals surface area contributed by atoms with Gasteiger partial charge in [-0.3, -0.25) is 4.79 Å². The number of carboxylic acids is 1. The number of hydrogen-bond donors (Lipinski definition) is 3. The van der Waals surface area contributed by atoms with Crippen LogP contribution in [0.15, 0.2) is 18.2 Å². The van der Waals surface area contributed by atoms with Crippen molar-refractivity contribution in [1.29, 1.82) is 0 Å². The average Bonchev–Trinajstić information content (AvgIpc) is 2.75. The van der Waals surface area contributed by atoms with E-state index in [1.807, 2.05) is 18.2 Å². The van der Waals surface area contributed by atoms with Crippen molar-refractivity contribution < 1.29 is 14.6 Å². The molecule has 0 bridgehead atoms. The molecule has 0 radical (unpaired) electrons. The molecular formula is C14H16N2O3. The van der Waals surface area contributed by atoms with Crippen LogP contribution in [0.5, 0.6) is 5.75 Å². The first kappa shape index (κ1) is 12.0. The number of methoxy groups -OCH3 is 1. The van der Waals surface area contributed by atoms with E-state index in [2.05, 4.69) is 4.98 Å².